The minimum Gasteiger partial charge on any atom is -0.444 e. The summed E-state index contributed by atoms with van der Waals surface area (Å²) in [6.07, 6.45) is 0.825. The molecule has 0 unspecified atom stereocenters. The summed E-state index contributed by atoms with van der Waals surface area (Å²) in [6.45, 7) is 6.98. The van der Waals surface area contributed by atoms with Crippen LogP contribution in [0.2, 0.25) is 0 Å². The number of carbonyl (C=O) groups excluding carboxylic acids is 1. The van der Waals surface area contributed by atoms with E-state index in [2.05, 4.69) is 5.32 Å². The van der Waals surface area contributed by atoms with Crippen LogP contribution < -0.4 is 11.1 Å². The second-order valence-electron chi connectivity index (χ2n) is 5.50. The van der Waals surface area contributed by atoms with Crippen molar-refractivity contribution >= 4 is 17.9 Å². The average molecular weight is 260 g/mol. The number of alkyl carbamates (subject to hydrolysis) is 1. The fraction of sp³-hybridized carbons (Fsp3) is 0.917. The molecule has 0 aromatic heterocycles. The maximum absolute atomic E-state index is 11.5. The summed E-state index contributed by atoms with van der Waals surface area (Å²) < 4.78 is 5.21. The van der Waals surface area contributed by atoms with Gasteiger partial charge in [0, 0.05) is 6.54 Å². The third kappa shape index (κ3) is 5.64. The van der Waals surface area contributed by atoms with E-state index in [1.54, 1.807) is 0 Å². The highest BCUT2D eigenvalue weighted by molar-refractivity contribution is 7.99. The van der Waals surface area contributed by atoms with Crippen molar-refractivity contribution in [3.63, 3.8) is 0 Å². The van der Waals surface area contributed by atoms with E-state index >= 15 is 0 Å². The molecule has 0 spiro atoms. The van der Waals surface area contributed by atoms with Gasteiger partial charge in [0.25, 0.3) is 0 Å². The van der Waals surface area contributed by atoms with Crippen LogP contribution in [0.15, 0.2) is 0 Å². The molecule has 1 amide bonds. The summed E-state index contributed by atoms with van der Waals surface area (Å²) in [5.41, 5.74) is 5.32. The van der Waals surface area contributed by atoms with Gasteiger partial charge in [-0.05, 0) is 57.1 Å². The van der Waals surface area contributed by atoms with Crippen LogP contribution in [0, 0.1) is 11.8 Å². The van der Waals surface area contributed by atoms with Crippen LogP contribution in [-0.4, -0.2) is 36.3 Å². The minimum atomic E-state index is -0.432. The Hall–Kier alpha value is -0.420. The molecule has 100 valence electrons. The van der Waals surface area contributed by atoms with Gasteiger partial charge < -0.3 is 15.8 Å². The van der Waals surface area contributed by atoms with E-state index in [0.717, 1.165) is 12.2 Å². The molecule has 1 aliphatic heterocycles. The Balaban J connectivity index is 2.31. The van der Waals surface area contributed by atoms with E-state index < -0.39 is 5.60 Å². The first kappa shape index (κ1) is 14.6. The molecule has 4 nitrogen and oxygen atoms in total. The first-order valence-corrected chi connectivity index (χ1v) is 7.32. The summed E-state index contributed by atoms with van der Waals surface area (Å²) in [5, 5.41) is 2.84. The molecule has 0 aromatic carbocycles. The minimum absolute atomic E-state index is 0.330. The largest absolute Gasteiger partial charge is 0.444 e. The maximum atomic E-state index is 11.5. The smallest absolute Gasteiger partial charge is 0.407 e. The van der Waals surface area contributed by atoms with E-state index in [9.17, 15) is 4.79 Å². The summed E-state index contributed by atoms with van der Waals surface area (Å²) in [5.74, 6) is 3.28. The van der Waals surface area contributed by atoms with Gasteiger partial charge in [0.2, 0.25) is 0 Å². The molecule has 17 heavy (non-hydrogen) atoms. The molecule has 2 atom stereocenters. The topological polar surface area (TPSA) is 64.3 Å². The van der Waals surface area contributed by atoms with Crippen molar-refractivity contribution in [1.82, 2.24) is 5.32 Å². The third-order valence-corrected chi connectivity index (χ3v) is 4.03. The number of thioether (sulfide) groups is 1. The third-order valence-electron chi connectivity index (χ3n) is 2.84. The van der Waals surface area contributed by atoms with E-state index in [0.29, 0.717) is 24.9 Å². The zero-order valence-corrected chi connectivity index (χ0v) is 11.8. The number of hydrogen-bond acceptors (Lipinski definition) is 4. The van der Waals surface area contributed by atoms with Gasteiger partial charge in [0.1, 0.15) is 5.60 Å². The summed E-state index contributed by atoms with van der Waals surface area (Å²) >= 11 is 1.94. The number of carbonyl (C=O) groups is 1. The zero-order valence-electron chi connectivity index (χ0n) is 11.0. The van der Waals surface area contributed by atoms with Crippen LogP contribution in [0.3, 0.4) is 0 Å². The van der Waals surface area contributed by atoms with Gasteiger partial charge >= 0.3 is 6.09 Å². The SMILES string of the molecule is CC(C)(C)OC(=O)NC[C@@H]1CSCC[C@@H]1CN. The molecule has 1 saturated heterocycles. The van der Waals surface area contributed by atoms with Crippen molar-refractivity contribution in [2.75, 3.05) is 24.6 Å². The predicted octanol–water partition coefficient (Wildman–Crippen LogP) is 1.84. The van der Waals surface area contributed by atoms with Crippen LogP contribution in [-0.2, 0) is 4.74 Å². The number of hydrogen-bond donors (Lipinski definition) is 2. The average Bonchev–Trinajstić information content (AvgIpc) is 2.24. The lowest BCUT2D eigenvalue weighted by molar-refractivity contribution is 0.0515. The molecule has 1 aliphatic rings. The van der Waals surface area contributed by atoms with E-state index in [1.165, 1.54) is 5.75 Å². The Labute approximate surface area is 108 Å². The van der Waals surface area contributed by atoms with Crippen molar-refractivity contribution in [2.45, 2.75) is 32.8 Å². The van der Waals surface area contributed by atoms with Crippen LogP contribution >= 0.6 is 11.8 Å². The maximum Gasteiger partial charge on any atom is 0.407 e. The Kier molecular flexibility index (Phi) is 5.59. The number of nitrogens with two attached hydrogens (primary N) is 1. The normalized spacial score (nSPS) is 25.4. The summed E-state index contributed by atoms with van der Waals surface area (Å²) in [7, 11) is 0. The molecule has 0 aliphatic carbocycles. The highest BCUT2D eigenvalue weighted by atomic mass is 32.2. The van der Waals surface area contributed by atoms with E-state index in [-0.39, 0.29) is 6.09 Å². The molecular formula is C12H24N2O2S. The first-order chi connectivity index (χ1) is 7.92. The molecule has 3 N–H and O–H groups in total. The van der Waals surface area contributed by atoms with E-state index in [4.69, 9.17) is 10.5 Å². The molecule has 0 aromatic rings. The van der Waals surface area contributed by atoms with Crippen LogP contribution in [0.5, 0.6) is 0 Å². The lowest BCUT2D eigenvalue weighted by atomic mass is 9.91. The predicted molar refractivity (Wildman–Crippen MR) is 72.2 cm³/mol. The molecular weight excluding hydrogens is 236 g/mol. The van der Waals surface area contributed by atoms with Gasteiger partial charge in [0.15, 0.2) is 0 Å². The lowest BCUT2D eigenvalue weighted by Crippen LogP contribution is -2.40. The van der Waals surface area contributed by atoms with Crippen LogP contribution in [0.25, 0.3) is 0 Å². The lowest BCUT2D eigenvalue weighted by Gasteiger charge is -2.30. The van der Waals surface area contributed by atoms with Gasteiger partial charge in [-0.15, -0.1) is 0 Å². The van der Waals surface area contributed by atoms with Gasteiger partial charge in [-0.1, -0.05) is 0 Å². The monoisotopic (exact) mass is 260 g/mol. The Morgan fingerprint density at radius 2 is 2.18 bits per heavy atom. The standard InChI is InChI=1S/C12H24N2O2S/c1-12(2,3)16-11(15)14-7-10-8-17-5-4-9(10)6-13/h9-10H,4-8,13H2,1-3H3,(H,14,15)/t9-,10-/m1/s1. The second-order valence-corrected chi connectivity index (χ2v) is 6.65. The molecule has 5 heteroatoms. The molecule has 1 rings (SSSR count). The molecule has 1 fully saturated rings. The Morgan fingerprint density at radius 3 is 2.76 bits per heavy atom. The number of ether oxygens (including phenoxy) is 1. The van der Waals surface area contributed by atoms with E-state index in [1.807, 2.05) is 32.5 Å². The highest BCUT2D eigenvalue weighted by Crippen LogP contribution is 2.27. The van der Waals surface area contributed by atoms with Crippen molar-refractivity contribution in [3.05, 3.63) is 0 Å². The molecule has 0 radical (unpaired) electrons. The van der Waals surface area contributed by atoms with Crippen molar-refractivity contribution < 1.29 is 9.53 Å². The zero-order chi connectivity index (χ0) is 12.9. The first-order valence-electron chi connectivity index (χ1n) is 6.17. The summed E-state index contributed by atoms with van der Waals surface area (Å²) in [6, 6.07) is 0. The number of amides is 1. The fourth-order valence-electron chi connectivity index (χ4n) is 1.91. The van der Waals surface area contributed by atoms with Crippen molar-refractivity contribution in [2.24, 2.45) is 17.6 Å². The van der Waals surface area contributed by atoms with Gasteiger partial charge in [-0.2, -0.15) is 11.8 Å². The van der Waals surface area contributed by atoms with Gasteiger partial charge in [-0.25, -0.2) is 4.79 Å². The van der Waals surface area contributed by atoms with Crippen molar-refractivity contribution in [3.8, 4) is 0 Å². The van der Waals surface area contributed by atoms with Crippen molar-refractivity contribution in [1.29, 1.82) is 0 Å². The van der Waals surface area contributed by atoms with Crippen LogP contribution in [0.1, 0.15) is 27.2 Å². The molecule has 0 bridgehead atoms. The highest BCUT2D eigenvalue weighted by Gasteiger charge is 2.25. The van der Waals surface area contributed by atoms with Gasteiger partial charge in [-0.3, -0.25) is 0 Å². The Morgan fingerprint density at radius 1 is 1.47 bits per heavy atom. The summed E-state index contributed by atoms with van der Waals surface area (Å²) in [4.78, 5) is 11.5. The van der Waals surface area contributed by atoms with Crippen LogP contribution in [0.4, 0.5) is 4.79 Å². The Bertz CT molecular complexity index is 253. The number of rotatable bonds is 3. The quantitative estimate of drug-likeness (QED) is 0.812. The number of nitrogens with one attached hydrogen (secondary N) is 1. The molecule has 0 saturated carbocycles. The molecule has 1 heterocycles. The fourth-order valence-corrected chi connectivity index (χ4v) is 3.23. The second kappa shape index (κ2) is 6.50. The van der Waals surface area contributed by atoms with Gasteiger partial charge in [0.05, 0.1) is 0 Å².